The molecule has 0 saturated carbocycles. The smallest absolute Gasteiger partial charge is 0.192 e. The summed E-state index contributed by atoms with van der Waals surface area (Å²) in [6, 6.07) is 14.7. The number of aromatic nitrogens is 3. The molecule has 0 spiro atoms. The van der Waals surface area contributed by atoms with Gasteiger partial charge in [-0.25, -0.2) is 4.39 Å². The average molecular weight is 339 g/mol. The maximum absolute atomic E-state index is 13.3. The Morgan fingerprint density at radius 3 is 2.75 bits per heavy atom. The Morgan fingerprint density at radius 2 is 2.00 bits per heavy atom. The van der Waals surface area contributed by atoms with Gasteiger partial charge < -0.3 is 0 Å². The fourth-order valence-electron chi connectivity index (χ4n) is 2.49. The molecule has 0 fully saturated rings. The number of hydrogen-bond acceptors (Lipinski definition) is 3. The van der Waals surface area contributed by atoms with Crippen LogP contribution in [-0.4, -0.2) is 14.8 Å². The standard InChI is InChI=1S/C19H18FN3S/c1-3-11-23-18(17-10-5-4-7-14(17)2)21-22-19(23)24-13-15-8-6-9-16(20)12-15/h3-10,12H,1,11,13H2,2H3. The molecule has 1 heterocycles. The third kappa shape index (κ3) is 3.57. The van der Waals surface area contributed by atoms with E-state index in [0.29, 0.717) is 12.3 Å². The molecule has 0 unspecified atom stereocenters. The summed E-state index contributed by atoms with van der Waals surface area (Å²) in [7, 11) is 0. The van der Waals surface area contributed by atoms with Crippen molar-refractivity contribution in [3.8, 4) is 11.4 Å². The van der Waals surface area contributed by atoms with E-state index in [1.54, 1.807) is 23.9 Å². The number of aryl methyl sites for hydroxylation is 1. The van der Waals surface area contributed by atoms with Crippen molar-refractivity contribution in [2.24, 2.45) is 0 Å². The van der Waals surface area contributed by atoms with Gasteiger partial charge in [-0.1, -0.05) is 54.2 Å². The van der Waals surface area contributed by atoms with E-state index in [2.05, 4.69) is 29.8 Å². The van der Waals surface area contributed by atoms with Gasteiger partial charge in [0.25, 0.3) is 0 Å². The van der Waals surface area contributed by atoms with Crippen LogP contribution in [0.5, 0.6) is 0 Å². The molecular weight excluding hydrogens is 321 g/mol. The SMILES string of the molecule is C=CCn1c(SCc2cccc(F)c2)nnc1-c1ccccc1C. The molecule has 1 aromatic heterocycles. The van der Waals surface area contributed by atoms with Crippen LogP contribution in [0.25, 0.3) is 11.4 Å². The van der Waals surface area contributed by atoms with Crippen LogP contribution in [0.4, 0.5) is 4.39 Å². The molecule has 122 valence electrons. The maximum Gasteiger partial charge on any atom is 0.192 e. The number of thioether (sulfide) groups is 1. The molecule has 0 atom stereocenters. The van der Waals surface area contributed by atoms with Gasteiger partial charge in [-0.15, -0.1) is 16.8 Å². The molecular formula is C19H18FN3S. The van der Waals surface area contributed by atoms with Gasteiger partial charge >= 0.3 is 0 Å². The van der Waals surface area contributed by atoms with Crippen LogP contribution in [0.2, 0.25) is 0 Å². The van der Waals surface area contributed by atoms with Gasteiger partial charge in [-0.3, -0.25) is 4.57 Å². The lowest BCUT2D eigenvalue weighted by Crippen LogP contribution is -2.01. The summed E-state index contributed by atoms with van der Waals surface area (Å²) in [6.07, 6.45) is 1.83. The van der Waals surface area contributed by atoms with Gasteiger partial charge in [0.2, 0.25) is 0 Å². The number of halogens is 1. The van der Waals surface area contributed by atoms with Crippen LogP contribution in [0, 0.1) is 12.7 Å². The first-order valence-corrected chi connectivity index (χ1v) is 8.65. The number of hydrogen-bond donors (Lipinski definition) is 0. The fraction of sp³-hybridized carbons (Fsp3) is 0.158. The summed E-state index contributed by atoms with van der Waals surface area (Å²) >= 11 is 1.55. The predicted molar refractivity (Wildman–Crippen MR) is 96.4 cm³/mol. The van der Waals surface area contributed by atoms with Crippen molar-refractivity contribution in [1.29, 1.82) is 0 Å². The van der Waals surface area contributed by atoms with E-state index in [1.807, 2.05) is 34.9 Å². The monoisotopic (exact) mass is 339 g/mol. The highest BCUT2D eigenvalue weighted by Crippen LogP contribution is 2.28. The van der Waals surface area contributed by atoms with Gasteiger partial charge in [-0.05, 0) is 30.2 Å². The molecule has 0 aliphatic rings. The van der Waals surface area contributed by atoms with Gasteiger partial charge in [0, 0.05) is 17.9 Å². The van der Waals surface area contributed by atoms with E-state index in [0.717, 1.165) is 27.7 Å². The molecule has 5 heteroatoms. The molecule has 0 aliphatic heterocycles. The zero-order valence-corrected chi connectivity index (χ0v) is 14.3. The number of rotatable bonds is 6. The zero-order chi connectivity index (χ0) is 16.9. The third-order valence-electron chi connectivity index (χ3n) is 3.67. The second-order valence-electron chi connectivity index (χ2n) is 5.44. The van der Waals surface area contributed by atoms with E-state index < -0.39 is 0 Å². The van der Waals surface area contributed by atoms with E-state index in [1.165, 1.54) is 6.07 Å². The topological polar surface area (TPSA) is 30.7 Å². The Morgan fingerprint density at radius 1 is 1.17 bits per heavy atom. The number of nitrogens with zero attached hydrogens (tertiary/aromatic N) is 3. The highest BCUT2D eigenvalue weighted by molar-refractivity contribution is 7.98. The molecule has 24 heavy (non-hydrogen) atoms. The summed E-state index contributed by atoms with van der Waals surface area (Å²) in [5, 5.41) is 9.49. The van der Waals surface area contributed by atoms with Crippen molar-refractivity contribution in [2.45, 2.75) is 24.4 Å². The lowest BCUT2D eigenvalue weighted by atomic mass is 10.1. The molecule has 0 aliphatic carbocycles. The largest absolute Gasteiger partial charge is 0.298 e. The molecule has 3 rings (SSSR count). The Labute approximate surface area is 145 Å². The van der Waals surface area contributed by atoms with E-state index in [-0.39, 0.29) is 5.82 Å². The Bertz CT molecular complexity index is 857. The fourth-order valence-corrected chi connectivity index (χ4v) is 3.38. The Hall–Kier alpha value is -2.40. The summed E-state index contributed by atoms with van der Waals surface area (Å²) < 4.78 is 15.3. The summed E-state index contributed by atoms with van der Waals surface area (Å²) in [5.74, 6) is 1.25. The van der Waals surface area contributed by atoms with Crippen LogP contribution >= 0.6 is 11.8 Å². The van der Waals surface area contributed by atoms with Crippen molar-refractivity contribution in [1.82, 2.24) is 14.8 Å². The first kappa shape index (κ1) is 16.5. The first-order chi connectivity index (χ1) is 11.7. The molecule has 0 bridgehead atoms. The van der Waals surface area contributed by atoms with Crippen LogP contribution < -0.4 is 0 Å². The lowest BCUT2D eigenvalue weighted by Gasteiger charge is -2.09. The molecule has 0 amide bonds. The molecule has 2 aromatic carbocycles. The second-order valence-corrected chi connectivity index (χ2v) is 6.38. The molecule has 0 saturated heterocycles. The highest BCUT2D eigenvalue weighted by Gasteiger charge is 2.15. The van der Waals surface area contributed by atoms with Crippen molar-refractivity contribution >= 4 is 11.8 Å². The molecule has 3 aromatic rings. The Kier molecular flexibility index (Phi) is 5.11. The van der Waals surface area contributed by atoms with Crippen LogP contribution in [0.1, 0.15) is 11.1 Å². The number of benzene rings is 2. The van der Waals surface area contributed by atoms with Gasteiger partial charge in [0.1, 0.15) is 5.82 Å². The van der Waals surface area contributed by atoms with Crippen LogP contribution in [0.3, 0.4) is 0 Å². The Balaban J connectivity index is 1.89. The zero-order valence-electron chi connectivity index (χ0n) is 13.4. The number of allylic oxidation sites excluding steroid dienone is 1. The van der Waals surface area contributed by atoms with E-state index in [9.17, 15) is 4.39 Å². The average Bonchev–Trinajstić information content (AvgIpc) is 2.97. The van der Waals surface area contributed by atoms with Crippen molar-refractivity contribution in [3.05, 3.63) is 78.1 Å². The minimum Gasteiger partial charge on any atom is -0.298 e. The summed E-state index contributed by atoms with van der Waals surface area (Å²) in [6.45, 7) is 6.51. The third-order valence-corrected chi connectivity index (χ3v) is 4.71. The molecule has 0 radical (unpaired) electrons. The van der Waals surface area contributed by atoms with Crippen molar-refractivity contribution in [2.75, 3.05) is 0 Å². The van der Waals surface area contributed by atoms with E-state index in [4.69, 9.17) is 0 Å². The predicted octanol–water partition coefficient (Wildman–Crippen LogP) is 4.87. The quantitative estimate of drug-likeness (QED) is 0.474. The summed E-state index contributed by atoms with van der Waals surface area (Å²) in [5.41, 5.74) is 3.13. The first-order valence-electron chi connectivity index (χ1n) is 7.66. The summed E-state index contributed by atoms with van der Waals surface area (Å²) in [4.78, 5) is 0. The minimum atomic E-state index is -0.221. The maximum atomic E-state index is 13.3. The highest BCUT2D eigenvalue weighted by atomic mass is 32.2. The van der Waals surface area contributed by atoms with Crippen LogP contribution in [0.15, 0.2) is 66.3 Å². The van der Waals surface area contributed by atoms with Gasteiger partial charge in [0.15, 0.2) is 11.0 Å². The lowest BCUT2D eigenvalue weighted by molar-refractivity contribution is 0.626. The molecule has 3 nitrogen and oxygen atoms in total. The van der Waals surface area contributed by atoms with Gasteiger partial charge in [0.05, 0.1) is 0 Å². The van der Waals surface area contributed by atoms with Crippen molar-refractivity contribution in [3.63, 3.8) is 0 Å². The van der Waals surface area contributed by atoms with Crippen molar-refractivity contribution < 1.29 is 4.39 Å². The minimum absolute atomic E-state index is 0.221. The van der Waals surface area contributed by atoms with Gasteiger partial charge in [-0.2, -0.15) is 0 Å². The normalized spacial score (nSPS) is 10.8. The van der Waals surface area contributed by atoms with E-state index >= 15 is 0 Å². The second kappa shape index (κ2) is 7.45. The van der Waals surface area contributed by atoms with Crippen LogP contribution in [-0.2, 0) is 12.3 Å². The molecule has 0 N–H and O–H groups in total.